The molecule has 1 aromatic carbocycles. The lowest BCUT2D eigenvalue weighted by Gasteiger charge is -2.31. The summed E-state index contributed by atoms with van der Waals surface area (Å²) in [7, 11) is 0. The number of amides is 1. The number of H-pyrrole nitrogens is 1. The first-order chi connectivity index (χ1) is 11.0. The number of rotatable bonds is 4. The number of nitrogens with one attached hydrogen (secondary N) is 2. The van der Waals surface area contributed by atoms with E-state index >= 15 is 0 Å². The fraction of sp³-hybridized carbons (Fsp3) is 0.556. The molecule has 3 rings (SSSR count). The Balaban J connectivity index is 1.56. The summed E-state index contributed by atoms with van der Waals surface area (Å²) in [6, 6.07) is 6.51. The van der Waals surface area contributed by atoms with E-state index in [0.29, 0.717) is 0 Å². The molecule has 0 saturated carbocycles. The number of carbonyl (C=O) groups excluding carboxylic acids is 1. The lowest BCUT2D eigenvalue weighted by molar-refractivity contribution is -0.127. The molecule has 0 atom stereocenters. The van der Waals surface area contributed by atoms with Gasteiger partial charge < -0.3 is 10.3 Å². The van der Waals surface area contributed by atoms with Crippen molar-refractivity contribution in [3.05, 3.63) is 29.6 Å². The molecule has 5 nitrogen and oxygen atoms in total. The number of piperidine rings is 1. The van der Waals surface area contributed by atoms with Crippen LogP contribution in [0.5, 0.6) is 0 Å². The van der Waals surface area contributed by atoms with Gasteiger partial charge >= 0.3 is 0 Å². The van der Waals surface area contributed by atoms with Crippen molar-refractivity contribution in [2.75, 3.05) is 13.1 Å². The van der Waals surface area contributed by atoms with Gasteiger partial charge in [0.2, 0.25) is 5.91 Å². The molecular weight excluding hydrogens is 288 g/mol. The number of likely N-dealkylation sites (tertiary alicyclic amines) is 1. The number of fused-ring (bicyclic) bond motifs is 1. The van der Waals surface area contributed by atoms with Crippen molar-refractivity contribution in [1.29, 1.82) is 0 Å². The number of aromatic nitrogens is 2. The molecule has 1 fully saturated rings. The molecule has 1 amide bonds. The van der Waals surface area contributed by atoms with Crippen molar-refractivity contribution in [1.82, 2.24) is 20.2 Å². The van der Waals surface area contributed by atoms with E-state index in [1.807, 2.05) is 13.8 Å². The molecule has 1 saturated heterocycles. The Hall–Kier alpha value is -1.88. The van der Waals surface area contributed by atoms with E-state index < -0.39 is 0 Å². The molecule has 5 heteroatoms. The number of aryl methyl sites for hydroxylation is 1. The lowest BCUT2D eigenvalue weighted by Crippen LogP contribution is -2.42. The number of aromatic amines is 1. The Morgan fingerprint density at radius 1 is 1.39 bits per heavy atom. The van der Waals surface area contributed by atoms with Gasteiger partial charge in [-0.05, 0) is 64.4 Å². The van der Waals surface area contributed by atoms with Crippen LogP contribution in [0.15, 0.2) is 18.2 Å². The fourth-order valence-electron chi connectivity index (χ4n) is 3.22. The van der Waals surface area contributed by atoms with E-state index in [-0.39, 0.29) is 17.9 Å². The molecule has 2 N–H and O–H groups in total. The highest BCUT2D eigenvalue weighted by atomic mass is 16.1. The summed E-state index contributed by atoms with van der Waals surface area (Å²) in [6.45, 7) is 8.84. The number of nitrogens with zero attached hydrogens (tertiary/aromatic N) is 2. The Bertz CT molecular complexity index is 683. The number of hydrogen-bond acceptors (Lipinski definition) is 3. The van der Waals surface area contributed by atoms with Gasteiger partial charge in [0.15, 0.2) is 0 Å². The second-order valence-electron chi connectivity index (χ2n) is 6.92. The van der Waals surface area contributed by atoms with Gasteiger partial charge in [-0.2, -0.15) is 0 Å². The minimum absolute atomic E-state index is 0.159. The maximum absolute atomic E-state index is 12.1. The molecule has 1 aromatic heterocycles. The summed E-state index contributed by atoms with van der Waals surface area (Å²) in [5, 5.41) is 3.02. The second kappa shape index (κ2) is 6.71. The average Bonchev–Trinajstić information content (AvgIpc) is 2.88. The molecule has 1 aliphatic rings. The standard InChI is InChI=1S/C18H26N4O/c1-12(2)19-18(23)14-6-8-22(9-7-14)11-17-20-15-5-4-13(3)10-16(15)21-17/h4-5,10,12,14H,6-9,11H2,1-3H3,(H,19,23)(H,20,21). The molecule has 0 unspecified atom stereocenters. The van der Waals surface area contributed by atoms with Gasteiger partial charge in [-0.15, -0.1) is 0 Å². The Morgan fingerprint density at radius 2 is 2.13 bits per heavy atom. The topological polar surface area (TPSA) is 61.0 Å². The van der Waals surface area contributed by atoms with Crippen LogP contribution in [-0.4, -0.2) is 39.9 Å². The van der Waals surface area contributed by atoms with Gasteiger partial charge in [0.25, 0.3) is 0 Å². The minimum atomic E-state index is 0.159. The fourth-order valence-corrected chi connectivity index (χ4v) is 3.22. The average molecular weight is 314 g/mol. The van der Waals surface area contributed by atoms with E-state index in [1.165, 1.54) is 5.56 Å². The summed E-state index contributed by atoms with van der Waals surface area (Å²) in [6.07, 6.45) is 1.86. The number of benzene rings is 1. The summed E-state index contributed by atoms with van der Waals surface area (Å²) in [4.78, 5) is 22.5. The highest BCUT2D eigenvalue weighted by Crippen LogP contribution is 2.20. The molecule has 0 aliphatic carbocycles. The van der Waals surface area contributed by atoms with Crippen molar-refractivity contribution in [2.45, 2.75) is 46.2 Å². The number of imidazole rings is 1. The first-order valence-electron chi connectivity index (χ1n) is 8.49. The van der Waals surface area contributed by atoms with Crippen LogP contribution in [0.2, 0.25) is 0 Å². The first-order valence-corrected chi connectivity index (χ1v) is 8.49. The van der Waals surface area contributed by atoms with Gasteiger partial charge in [0.05, 0.1) is 17.6 Å². The van der Waals surface area contributed by atoms with Gasteiger partial charge in [-0.1, -0.05) is 6.07 Å². The highest BCUT2D eigenvalue weighted by molar-refractivity contribution is 5.79. The third-order valence-electron chi connectivity index (χ3n) is 4.45. The molecule has 2 aromatic rings. The van der Waals surface area contributed by atoms with E-state index in [0.717, 1.165) is 49.3 Å². The Labute approximate surface area is 137 Å². The van der Waals surface area contributed by atoms with E-state index in [9.17, 15) is 4.79 Å². The maximum atomic E-state index is 12.1. The smallest absolute Gasteiger partial charge is 0.223 e. The quantitative estimate of drug-likeness (QED) is 0.912. The van der Waals surface area contributed by atoms with Crippen LogP contribution in [0.4, 0.5) is 0 Å². The van der Waals surface area contributed by atoms with Gasteiger partial charge in [0, 0.05) is 12.0 Å². The highest BCUT2D eigenvalue weighted by Gasteiger charge is 2.25. The number of carbonyl (C=O) groups is 1. The first kappa shape index (κ1) is 16.0. The van der Waals surface area contributed by atoms with Crippen molar-refractivity contribution in [3.63, 3.8) is 0 Å². The summed E-state index contributed by atoms with van der Waals surface area (Å²) < 4.78 is 0. The molecule has 0 bridgehead atoms. The molecular formula is C18H26N4O. The Morgan fingerprint density at radius 3 is 2.83 bits per heavy atom. The van der Waals surface area contributed by atoms with Gasteiger partial charge in [-0.25, -0.2) is 4.98 Å². The zero-order valence-corrected chi connectivity index (χ0v) is 14.2. The maximum Gasteiger partial charge on any atom is 0.223 e. The molecule has 0 radical (unpaired) electrons. The largest absolute Gasteiger partial charge is 0.354 e. The molecule has 124 valence electrons. The monoisotopic (exact) mass is 314 g/mol. The van der Waals surface area contributed by atoms with Crippen LogP contribution in [0.25, 0.3) is 11.0 Å². The molecule has 0 spiro atoms. The third-order valence-corrected chi connectivity index (χ3v) is 4.45. The number of hydrogen-bond donors (Lipinski definition) is 2. The SMILES string of the molecule is Cc1ccc2nc(CN3CCC(C(=O)NC(C)C)CC3)[nH]c2c1. The van der Waals surface area contributed by atoms with Gasteiger partial charge in [0.1, 0.15) is 5.82 Å². The zero-order chi connectivity index (χ0) is 16.4. The summed E-state index contributed by atoms with van der Waals surface area (Å²) in [5.74, 6) is 1.38. The van der Waals surface area contributed by atoms with Crippen LogP contribution in [0.1, 0.15) is 38.1 Å². The van der Waals surface area contributed by atoms with E-state index in [1.54, 1.807) is 0 Å². The predicted molar refractivity (Wildman–Crippen MR) is 92.1 cm³/mol. The van der Waals surface area contributed by atoms with Crippen LogP contribution in [0.3, 0.4) is 0 Å². The third kappa shape index (κ3) is 3.91. The van der Waals surface area contributed by atoms with Crippen molar-refractivity contribution >= 4 is 16.9 Å². The molecule has 2 heterocycles. The van der Waals surface area contributed by atoms with Crippen LogP contribution < -0.4 is 5.32 Å². The molecule has 1 aliphatic heterocycles. The lowest BCUT2D eigenvalue weighted by atomic mass is 9.95. The predicted octanol–water partition coefficient (Wildman–Crippen LogP) is 2.61. The van der Waals surface area contributed by atoms with Crippen LogP contribution in [-0.2, 0) is 11.3 Å². The Kier molecular flexibility index (Phi) is 4.66. The normalized spacial score (nSPS) is 17.0. The van der Waals surface area contributed by atoms with Crippen molar-refractivity contribution in [3.8, 4) is 0 Å². The van der Waals surface area contributed by atoms with Crippen LogP contribution >= 0.6 is 0 Å². The van der Waals surface area contributed by atoms with E-state index in [2.05, 4.69) is 45.3 Å². The zero-order valence-electron chi connectivity index (χ0n) is 14.2. The van der Waals surface area contributed by atoms with Crippen molar-refractivity contribution < 1.29 is 4.79 Å². The molecule has 23 heavy (non-hydrogen) atoms. The minimum Gasteiger partial charge on any atom is -0.354 e. The summed E-state index contributed by atoms with van der Waals surface area (Å²) in [5.41, 5.74) is 3.37. The van der Waals surface area contributed by atoms with E-state index in [4.69, 9.17) is 0 Å². The summed E-state index contributed by atoms with van der Waals surface area (Å²) >= 11 is 0. The second-order valence-corrected chi connectivity index (χ2v) is 6.92. The van der Waals surface area contributed by atoms with Crippen molar-refractivity contribution in [2.24, 2.45) is 5.92 Å². The van der Waals surface area contributed by atoms with Crippen LogP contribution in [0, 0.1) is 12.8 Å². The van der Waals surface area contributed by atoms with Gasteiger partial charge in [-0.3, -0.25) is 9.69 Å².